The first kappa shape index (κ1) is 19.3. The quantitative estimate of drug-likeness (QED) is 0.553. The molecule has 0 saturated heterocycles. The molecule has 30 heavy (non-hydrogen) atoms. The van der Waals surface area contributed by atoms with E-state index in [2.05, 4.69) is 10.3 Å². The van der Waals surface area contributed by atoms with Crippen molar-refractivity contribution in [1.29, 1.82) is 0 Å². The fraction of sp³-hybridized carbons (Fsp3) is 0.0909. The SMILES string of the molecule is O=C(Cn1c(=O)n(Cc2ccccc2)c(=O)c2ncccc21)Nc1cccc(F)c1. The first-order chi connectivity index (χ1) is 14.5. The lowest BCUT2D eigenvalue weighted by Gasteiger charge is -2.14. The number of carbonyl (C=O) groups excluding carboxylic acids is 1. The van der Waals surface area contributed by atoms with Crippen LogP contribution in [0.5, 0.6) is 0 Å². The van der Waals surface area contributed by atoms with Gasteiger partial charge in [-0.2, -0.15) is 0 Å². The highest BCUT2D eigenvalue weighted by Crippen LogP contribution is 2.10. The van der Waals surface area contributed by atoms with Gasteiger partial charge in [0.05, 0.1) is 12.1 Å². The first-order valence-electron chi connectivity index (χ1n) is 9.20. The van der Waals surface area contributed by atoms with E-state index in [4.69, 9.17) is 0 Å². The number of anilines is 1. The molecule has 0 aliphatic rings. The van der Waals surface area contributed by atoms with E-state index in [0.717, 1.165) is 10.1 Å². The van der Waals surface area contributed by atoms with Crippen LogP contribution in [0.2, 0.25) is 0 Å². The van der Waals surface area contributed by atoms with Gasteiger partial charge in [0, 0.05) is 11.9 Å². The second-order valence-corrected chi connectivity index (χ2v) is 6.68. The molecule has 1 N–H and O–H groups in total. The Labute approximate surface area is 170 Å². The molecule has 2 aromatic heterocycles. The largest absolute Gasteiger partial charge is 0.332 e. The van der Waals surface area contributed by atoms with E-state index in [1.807, 2.05) is 18.2 Å². The van der Waals surface area contributed by atoms with E-state index in [0.29, 0.717) is 0 Å². The van der Waals surface area contributed by atoms with Gasteiger partial charge in [-0.3, -0.25) is 18.7 Å². The molecule has 0 fully saturated rings. The first-order valence-corrected chi connectivity index (χ1v) is 9.20. The van der Waals surface area contributed by atoms with E-state index in [-0.39, 0.29) is 29.8 Å². The Bertz CT molecular complexity index is 1350. The molecule has 0 atom stereocenters. The molecule has 0 spiro atoms. The third kappa shape index (κ3) is 3.88. The van der Waals surface area contributed by atoms with Crippen LogP contribution in [0.15, 0.2) is 82.5 Å². The lowest BCUT2D eigenvalue weighted by Crippen LogP contribution is -2.42. The van der Waals surface area contributed by atoms with Crippen LogP contribution in [0.3, 0.4) is 0 Å². The second-order valence-electron chi connectivity index (χ2n) is 6.68. The molecule has 0 unspecified atom stereocenters. The molecule has 4 aromatic rings. The van der Waals surface area contributed by atoms with Crippen molar-refractivity contribution in [3.05, 3.63) is 105 Å². The van der Waals surface area contributed by atoms with Crippen molar-refractivity contribution in [3.63, 3.8) is 0 Å². The summed E-state index contributed by atoms with van der Waals surface area (Å²) in [5, 5.41) is 2.56. The molecule has 0 bridgehead atoms. The summed E-state index contributed by atoms with van der Waals surface area (Å²) in [5.74, 6) is -1.02. The third-order valence-corrected chi connectivity index (χ3v) is 4.58. The fourth-order valence-corrected chi connectivity index (χ4v) is 3.21. The maximum atomic E-state index is 13.4. The van der Waals surface area contributed by atoms with Crippen LogP contribution in [-0.2, 0) is 17.9 Å². The average molecular weight is 404 g/mol. The summed E-state index contributed by atoms with van der Waals surface area (Å²) < 4.78 is 15.6. The molecule has 0 radical (unpaired) electrons. The van der Waals surface area contributed by atoms with E-state index < -0.39 is 23.0 Å². The van der Waals surface area contributed by atoms with Gasteiger partial charge in [-0.1, -0.05) is 36.4 Å². The highest BCUT2D eigenvalue weighted by atomic mass is 19.1. The Hall–Kier alpha value is -4.07. The Balaban J connectivity index is 1.76. The Kier molecular flexibility index (Phi) is 5.21. The number of benzene rings is 2. The Morgan fingerprint density at radius 1 is 0.967 bits per heavy atom. The number of amides is 1. The highest BCUT2D eigenvalue weighted by Gasteiger charge is 2.16. The molecule has 4 rings (SSSR count). The van der Waals surface area contributed by atoms with Gasteiger partial charge in [0.15, 0.2) is 5.52 Å². The van der Waals surface area contributed by atoms with Gasteiger partial charge in [0.1, 0.15) is 12.4 Å². The van der Waals surface area contributed by atoms with Gasteiger partial charge in [0.2, 0.25) is 5.91 Å². The molecular formula is C22H17FN4O3. The lowest BCUT2D eigenvalue weighted by molar-refractivity contribution is -0.116. The normalized spacial score (nSPS) is 10.8. The second kappa shape index (κ2) is 8.12. The van der Waals surface area contributed by atoms with Crippen LogP contribution in [0, 0.1) is 5.82 Å². The minimum Gasteiger partial charge on any atom is -0.324 e. The number of hydrogen-bond acceptors (Lipinski definition) is 4. The van der Waals surface area contributed by atoms with Crippen LogP contribution in [0.4, 0.5) is 10.1 Å². The summed E-state index contributed by atoms with van der Waals surface area (Å²) in [6.07, 6.45) is 1.46. The van der Waals surface area contributed by atoms with Crippen LogP contribution < -0.4 is 16.6 Å². The molecule has 2 aromatic carbocycles. The maximum Gasteiger partial charge on any atom is 0.332 e. The number of aromatic nitrogens is 3. The molecule has 1 amide bonds. The van der Waals surface area contributed by atoms with Gasteiger partial charge >= 0.3 is 5.69 Å². The molecule has 0 aliphatic heterocycles. The third-order valence-electron chi connectivity index (χ3n) is 4.58. The predicted octanol–water partition coefficient (Wildman–Crippen LogP) is 2.38. The van der Waals surface area contributed by atoms with Crippen molar-refractivity contribution < 1.29 is 9.18 Å². The molecule has 0 aliphatic carbocycles. The van der Waals surface area contributed by atoms with Crippen molar-refractivity contribution in [1.82, 2.24) is 14.1 Å². The minimum absolute atomic E-state index is 0.0521. The Morgan fingerprint density at radius 2 is 1.77 bits per heavy atom. The highest BCUT2D eigenvalue weighted by molar-refractivity contribution is 5.91. The number of carbonyl (C=O) groups is 1. The molecular weight excluding hydrogens is 387 g/mol. The summed E-state index contributed by atoms with van der Waals surface area (Å²) in [7, 11) is 0. The smallest absolute Gasteiger partial charge is 0.324 e. The van der Waals surface area contributed by atoms with E-state index in [1.165, 1.54) is 29.0 Å². The average Bonchev–Trinajstić information content (AvgIpc) is 2.75. The molecule has 0 saturated carbocycles. The number of nitrogens with one attached hydrogen (secondary N) is 1. The van der Waals surface area contributed by atoms with Gasteiger partial charge in [-0.15, -0.1) is 0 Å². The van der Waals surface area contributed by atoms with E-state index in [1.54, 1.807) is 30.3 Å². The van der Waals surface area contributed by atoms with Crippen LogP contribution in [0.1, 0.15) is 5.56 Å². The fourth-order valence-electron chi connectivity index (χ4n) is 3.21. The standard InChI is InChI=1S/C22H17FN4O3/c23-16-8-4-9-17(12-16)25-19(28)14-26-18-10-5-11-24-20(18)21(29)27(22(26)30)13-15-6-2-1-3-7-15/h1-12H,13-14H2,(H,25,28). The van der Waals surface area contributed by atoms with Crippen LogP contribution in [-0.4, -0.2) is 20.0 Å². The minimum atomic E-state index is -0.626. The van der Waals surface area contributed by atoms with Gasteiger partial charge in [-0.05, 0) is 35.9 Å². The number of rotatable bonds is 5. The molecule has 8 heteroatoms. The summed E-state index contributed by atoms with van der Waals surface area (Å²) >= 11 is 0. The van der Waals surface area contributed by atoms with Gasteiger partial charge < -0.3 is 5.32 Å². The monoisotopic (exact) mass is 404 g/mol. The van der Waals surface area contributed by atoms with Crippen LogP contribution in [0.25, 0.3) is 11.0 Å². The van der Waals surface area contributed by atoms with Crippen molar-refractivity contribution in [2.75, 3.05) is 5.32 Å². The van der Waals surface area contributed by atoms with Crippen LogP contribution >= 0.6 is 0 Å². The maximum absolute atomic E-state index is 13.4. The van der Waals surface area contributed by atoms with E-state index in [9.17, 15) is 18.8 Å². The lowest BCUT2D eigenvalue weighted by atomic mass is 10.2. The van der Waals surface area contributed by atoms with Crippen molar-refractivity contribution in [3.8, 4) is 0 Å². The number of fused-ring (bicyclic) bond motifs is 1. The van der Waals surface area contributed by atoms with Gasteiger partial charge in [-0.25, -0.2) is 14.2 Å². The Morgan fingerprint density at radius 3 is 2.53 bits per heavy atom. The summed E-state index contributed by atoms with van der Waals surface area (Å²) in [4.78, 5) is 42.6. The van der Waals surface area contributed by atoms with Crippen molar-refractivity contribution in [2.24, 2.45) is 0 Å². The summed E-state index contributed by atoms with van der Waals surface area (Å²) in [6, 6.07) is 17.7. The number of nitrogens with zero attached hydrogens (tertiary/aromatic N) is 3. The zero-order valence-electron chi connectivity index (χ0n) is 15.8. The molecule has 150 valence electrons. The van der Waals surface area contributed by atoms with E-state index >= 15 is 0 Å². The summed E-state index contributed by atoms with van der Waals surface area (Å²) in [5.41, 5.74) is 0.230. The zero-order valence-corrected chi connectivity index (χ0v) is 15.8. The molecule has 2 heterocycles. The number of hydrogen-bond donors (Lipinski definition) is 1. The van der Waals surface area contributed by atoms with Crippen molar-refractivity contribution in [2.45, 2.75) is 13.1 Å². The van der Waals surface area contributed by atoms with Crippen molar-refractivity contribution >= 4 is 22.6 Å². The van der Waals surface area contributed by atoms with Gasteiger partial charge in [0.25, 0.3) is 5.56 Å². The summed E-state index contributed by atoms with van der Waals surface area (Å²) in [6.45, 7) is -0.302. The predicted molar refractivity (Wildman–Crippen MR) is 111 cm³/mol. The number of pyridine rings is 1. The zero-order chi connectivity index (χ0) is 21.1. The topological polar surface area (TPSA) is 86.0 Å². The number of halogens is 1. The molecule has 7 nitrogen and oxygen atoms in total.